The van der Waals surface area contributed by atoms with Crippen LogP contribution in [0.2, 0.25) is 10.0 Å². The summed E-state index contributed by atoms with van der Waals surface area (Å²) >= 11 is 12.1. The fourth-order valence-electron chi connectivity index (χ4n) is 3.28. The van der Waals surface area contributed by atoms with Crippen molar-refractivity contribution in [3.8, 4) is 0 Å². The lowest BCUT2D eigenvalue weighted by Gasteiger charge is -2.36. The Kier molecular flexibility index (Phi) is 5.38. The number of hydrogen-bond acceptors (Lipinski definition) is 1. The second kappa shape index (κ2) is 6.71. The monoisotopic (exact) mass is 326 g/mol. The Balaban J connectivity index is 1.93. The molecule has 0 atom stereocenters. The third kappa shape index (κ3) is 4.47. The van der Waals surface area contributed by atoms with Gasteiger partial charge in [-0.3, -0.25) is 4.79 Å². The van der Waals surface area contributed by atoms with E-state index in [1.165, 1.54) is 0 Å². The first-order valence-electron chi connectivity index (χ1n) is 7.74. The topological polar surface area (TPSA) is 17.1 Å². The van der Waals surface area contributed by atoms with E-state index in [0.717, 1.165) is 37.2 Å². The van der Waals surface area contributed by atoms with Gasteiger partial charge >= 0.3 is 0 Å². The lowest BCUT2D eigenvalue weighted by molar-refractivity contribution is -0.123. The van der Waals surface area contributed by atoms with Crippen LogP contribution in [0.15, 0.2) is 18.2 Å². The maximum Gasteiger partial charge on any atom is 0.140 e. The van der Waals surface area contributed by atoms with Crippen LogP contribution in [0.25, 0.3) is 0 Å². The number of rotatable bonds is 3. The molecule has 1 nitrogen and oxygen atoms in total. The highest BCUT2D eigenvalue weighted by Gasteiger charge is 2.32. The minimum absolute atomic E-state index is 0.204. The van der Waals surface area contributed by atoms with E-state index in [1.54, 1.807) is 12.1 Å². The Bertz CT molecular complexity index is 508. The summed E-state index contributed by atoms with van der Waals surface area (Å²) in [5, 5.41) is 1.21. The molecular formula is C18H24Cl2O. The zero-order valence-electron chi connectivity index (χ0n) is 13.1. The van der Waals surface area contributed by atoms with Crippen LogP contribution in [0.3, 0.4) is 0 Å². The van der Waals surface area contributed by atoms with Crippen LogP contribution < -0.4 is 0 Å². The van der Waals surface area contributed by atoms with Gasteiger partial charge in [0.05, 0.1) is 0 Å². The van der Waals surface area contributed by atoms with Crippen molar-refractivity contribution in [1.82, 2.24) is 0 Å². The van der Waals surface area contributed by atoms with Gasteiger partial charge < -0.3 is 0 Å². The molecule has 0 amide bonds. The van der Waals surface area contributed by atoms with Gasteiger partial charge in [-0.15, -0.1) is 0 Å². The Morgan fingerprint density at radius 1 is 1.14 bits per heavy atom. The fourth-order valence-corrected chi connectivity index (χ4v) is 3.75. The first-order valence-corrected chi connectivity index (χ1v) is 8.49. The summed E-state index contributed by atoms with van der Waals surface area (Å²) in [6.45, 7) is 6.90. The number of carbonyl (C=O) groups is 1. The zero-order valence-corrected chi connectivity index (χ0v) is 14.6. The van der Waals surface area contributed by atoms with E-state index in [4.69, 9.17) is 23.2 Å². The van der Waals surface area contributed by atoms with E-state index in [0.29, 0.717) is 27.7 Å². The maximum absolute atomic E-state index is 12.5. The molecule has 0 saturated heterocycles. The van der Waals surface area contributed by atoms with Gasteiger partial charge in [0.2, 0.25) is 0 Å². The first-order chi connectivity index (χ1) is 9.77. The first kappa shape index (κ1) is 16.8. The highest BCUT2D eigenvalue weighted by Crippen LogP contribution is 2.40. The summed E-state index contributed by atoms with van der Waals surface area (Å²) in [5.74, 6) is 1.27. The minimum atomic E-state index is 0.204. The third-order valence-corrected chi connectivity index (χ3v) is 5.37. The van der Waals surface area contributed by atoms with Gasteiger partial charge in [0.15, 0.2) is 0 Å². The molecule has 0 bridgehead atoms. The Hall–Kier alpha value is -0.530. The zero-order chi connectivity index (χ0) is 15.6. The normalized spacial score (nSPS) is 23.1. The molecule has 1 fully saturated rings. The van der Waals surface area contributed by atoms with Crippen molar-refractivity contribution in [1.29, 1.82) is 0 Å². The van der Waals surface area contributed by atoms with E-state index in [1.807, 2.05) is 6.07 Å². The molecule has 2 rings (SSSR count). The molecule has 0 aliphatic heterocycles. The molecule has 0 radical (unpaired) electrons. The lowest BCUT2D eigenvalue weighted by Crippen LogP contribution is -2.29. The molecule has 1 saturated carbocycles. The largest absolute Gasteiger partial charge is 0.299 e. The van der Waals surface area contributed by atoms with Crippen molar-refractivity contribution in [3.63, 3.8) is 0 Å². The van der Waals surface area contributed by atoms with E-state index in [-0.39, 0.29) is 5.92 Å². The summed E-state index contributed by atoms with van der Waals surface area (Å²) < 4.78 is 0. The summed E-state index contributed by atoms with van der Waals surface area (Å²) in [5.41, 5.74) is 1.25. The summed E-state index contributed by atoms with van der Waals surface area (Å²) in [6.07, 6.45) is 4.79. The number of carbonyl (C=O) groups excluding carboxylic acids is 1. The van der Waals surface area contributed by atoms with Crippen LogP contribution in [-0.4, -0.2) is 5.78 Å². The summed E-state index contributed by atoms with van der Waals surface area (Å²) in [6, 6.07) is 5.37. The molecule has 0 aromatic heterocycles. The van der Waals surface area contributed by atoms with E-state index in [9.17, 15) is 4.79 Å². The maximum atomic E-state index is 12.5. The highest BCUT2D eigenvalue weighted by atomic mass is 35.5. The molecule has 1 aliphatic carbocycles. The molecule has 1 aliphatic rings. The summed E-state index contributed by atoms with van der Waals surface area (Å²) in [4.78, 5) is 12.5. The number of Topliss-reactive ketones (excluding diaryl/α,β-unsaturated/α-hetero) is 1. The smallest absolute Gasteiger partial charge is 0.140 e. The van der Waals surface area contributed by atoms with Crippen LogP contribution in [0.5, 0.6) is 0 Å². The van der Waals surface area contributed by atoms with Gasteiger partial charge in [-0.1, -0.05) is 50.0 Å². The molecule has 3 heteroatoms. The van der Waals surface area contributed by atoms with Crippen LogP contribution in [0.1, 0.15) is 52.0 Å². The summed E-state index contributed by atoms with van der Waals surface area (Å²) in [7, 11) is 0. The van der Waals surface area contributed by atoms with E-state index in [2.05, 4.69) is 20.8 Å². The average molecular weight is 327 g/mol. The van der Waals surface area contributed by atoms with Gasteiger partial charge in [-0.05, 0) is 54.7 Å². The van der Waals surface area contributed by atoms with Gasteiger partial charge in [-0.2, -0.15) is 0 Å². The molecule has 0 spiro atoms. The molecule has 0 N–H and O–H groups in total. The predicted molar refractivity (Wildman–Crippen MR) is 90.1 cm³/mol. The Morgan fingerprint density at radius 3 is 2.29 bits per heavy atom. The predicted octanol–water partition coefficient (Wildman–Crippen LogP) is 5.96. The number of benzene rings is 1. The van der Waals surface area contributed by atoms with E-state index >= 15 is 0 Å². The van der Waals surface area contributed by atoms with Crippen molar-refractivity contribution < 1.29 is 4.79 Å². The molecule has 0 heterocycles. The second-order valence-electron chi connectivity index (χ2n) is 7.29. The van der Waals surface area contributed by atoms with E-state index < -0.39 is 0 Å². The third-order valence-electron chi connectivity index (χ3n) is 4.79. The molecule has 0 unspecified atom stereocenters. The Labute approximate surface area is 138 Å². The molecular weight excluding hydrogens is 303 g/mol. The van der Waals surface area contributed by atoms with Crippen LogP contribution >= 0.6 is 23.2 Å². The Morgan fingerprint density at radius 2 is 1.76 bits per heavy atom. The molecule has 1 aromatic carbocycles. The van der Waals surface area contributed by atoms with Crippen molar-refractivity contribution in [3.05, 3.63) is 33.8 Å². The molecule has 21 heavy (non-hydrogen) atoms. The number of hydrogen-bond donors (Lipinski definition) is 0. The number of ketones is 1. The van der Waals surface area contributed by atoms with Gasteiger partial charge in [0.25, 0.3) is 0 Å². The van der Waals surface area contributed by atoms with Crippen molar-refractivity contribution in [2.24, 2.45) is 17.3 Å². The SMILES string of the molecule is CC(C)(C)C1CCC(C(=O)Cc2ccc(Cl)cc2Cl)CC1. The van der Waals surface area contributed by atoms with Crippen molar-refractivity contribution in [2.75, 3.05) is 0 Å². The molecule has 116 valence electrons. The van der Waals surface area contributed by atoms with Crippen molar-refractivity contribution >= 4 is 29.0 Å². The van der Waals surface area contributed by atoms with Gasteiger partial charge in [-0.25, -0.2) is 0 Å². The number of halogens is 2. The van der Waals surface area contributed by atoms with Crippen LogP contribution in [0.4, 0.5) is 0 Å². The lowest BCUT2D eigenvalue weighted by atomic mass is 9.69. The molecule has 1 aromatic rings. The quantitative estimate of drug-likeness (QED) is 0.669. The van der Waals surface area contributed by atoms with Crippen molar-refractivity contribution in [2.45, 2.75) is 52.9 Å². The van der Waals surface area contributed by atoms with Crippen LogP contribution in [-0.2, 0) is 11.2 Å². The van der Waals surface area contributed by atoms with Gasteiger partial charge in [0, 0.05) is 22.4 Å². The standard InChI is InChI=1S/C18H24Cl2O/c1-18(2,3)14-7-4-12(5-8-14)17(21)10-13-6-9-15(19)11-16(13)20/h6,9,11-12,14H,4-5,7-8,10H2,1-3H3. The highest BCUT2D eigenvalue weighted by molar-refractivity contribution is 6.35. The van der Waals surface area contributed by atoms with Gasteiger partial charge in [0.1, 0.15) is 5.78 Å². The fraction of sp³-hybridized carbons (Fsp3) is 0.611. The van der Waals surface area contributed by atoms with Crippen LogP contribution in [0, 0.1) is 17.3 Å². The minimum Gasteiger partial charge on any atom is -0.299 e. The second-order valence-corrected chi connectivity index (χ2v) is 8.14. The average Bonchev–Trinajstić information content (AvgIpc) is 2.41.